The van der Waals surface area contributed by atoms with Crippen LogP contribution in [0.25, 0.3) is 0 Å². The van der Waals surface area contributed by atoms with E-state index in [9.17, 15) is 0 Å². The molecule has 0 bridgehead atoms. The highest BCUT2D eigenvalue weighted by molar-refractivity contribution is 7.80. The minimum absolute atomic E-state index is 0. The van der Waals surface area contributed by atoms with Gasteiger partial charge in [-0.05, 0) is 17.7 Å². The van der Waals surface area contributed by atoms with Gasteiger partial charge < -0.3 is 10.5 Å². The lowest BCUT2D eigenvalue weighted by atomic mass is 10.2. The molecule has 2 nitrogen and oxygen atoms in total. The minimum Gasteiger partial charge on any atom is -0.497 e. The molecule has 4 heteroatoms. The van der Waals surface area contributed by atoms with Gasteiger partial charge in [-0.3, -0.25) is 0 Å². The van der Waals surface area contributed by atoms with Crippen LogP contribution in [0, 0.1) is 0 Å². The van der Waals surface area contributed by atoms with Crippen molar-refractivity contribution in [1.82, 2.24) is 0 Å². The average molecular weight is 206 g/mol. The molecule has 0 aliphatic heterocycles. The van der Waals surface area contributed by atoms with Crippen molar-refractivity contribution in [3.63, 3.8) is 0 Å². The second-order valence-corrected chi connectivity index (χ2v) is 2.68. The van der Waals surface area contributed by atoms with E-state index in [1.54, 1.807) is 7.11 Å². The van der Waals surface area contributed by atoms with Gasteiger partial charge in [0, 0.05) is 11.4 Å². The largest absolute Gasteiger partial charge is 0.497 e. The molecule has 0 radical (unpaired) electrons. The zero-order chi connectivity index (χ0) is 8.27. The van der Waals surface area contributed by atoms with Crippen LogP contribution < -0.4 is 10.5 Å². The summed E-state index contributed by atoms with van der Waals surface area (Å²) in [4.78, 5) is 0.881. The molecule has 0 aliphatic rings. The molecule has 1 aromatic rings. The summed E-state index contributed by atoms with van der Waals surface area (Å²) in [5.74, 6) is 0.812. The first-order chi connectivity index (χ1) is 5.27. The topological polar surface area (TPSA) is 35.2 Å². The first kappa shape index (κ1) is 11.6. The van der Waals surface area contributed by atoms with Crippen LogP contribution in [-0.2, 0) is 6.54 Å². The van der Waals surface area contributed by atoms with Gasteiger partial charge in [0.25, 0.3) is 0 Å². The van der Waals surface area contributed by atoms with Crippen molar-refractivity contribution in [3.8, 4) is 5.75 Å². The van der Waals surface area contributed by atoms with E-state index < -0.39 is 0 Å². The maximum absolute atomic E-state index is 5.45. The number of nitrogens with two attached hydrogens (primary N) is 1. The van der Waals surface area contributed by atoms with Crippen molar-refractivity contribution >= 4 is 25.0 Å². The van der Waals surface area contributed by atoms with E-state index in [0.29, 0.717) is 6.54 Å². The molecule has 0 unspecified atom stereocenters. The third-order valence-corrected chi connectivity index (χ3v) is 1.93. The summed E-state index contributed by atoms with van der Waals surface area (Å²) in [5.41, 5.74) is 6.49. The van der Waals surface area contributed by atoms with Gasteiger partial charge in [0.1, 0.15) is 5.75 Å². The number of halogens is 1. The van der Waals surface area contributed by atoms with Crippen LogP contribution >= 0.6 is 25.0 Å². The van der Waals surface area contributed by atoms with E-state index in [2.05, 4.69) is 12.6 Å². The van der Waals surface area contributed by atoms with Gasteiger partial charge in [0.05, 0.1) is 7.11 Å². The number of hydrogen-bond acceptors (Lipinski definition) is 3. The molecule has 0 spiro atoms. The van der Waals surface area contributed by atoms with Crippen LogP contribution in [0.5, 0.6) is 5.75 Å². The lowest BCUT2D eigenvalue weighted by Crippen LogP contribution is -1.97. The molecule has 1 aromatic carbocycles. The maximum Gasteiger partial charge on any atom is 0.119 e. The molecule has 2 N–H and O–H groups in total. The molecule has 0 fully saturated rings. The lowest BCUT2D eigenvalue weighted by Gasteiger charge is -2.04. The van der Waals surface area contributed by atoms with Gasteiger partial charge >= 0.3 is 0 Å². The fourth-order valence-corrected chi connectivity index (χ4v) is 1.14. The number of methoxy groups -OCH3 is 1. The zero-order valence-electron chi connectivity index (χ0n) is 6.78. The SMILES string of the molecule is COc1ccc(CN)c(S)c1.Cl. The predicted molar refractivity (Wildman–Crippen MR) is 55.4 cm³/mol. The van der Waals surface area contributed by atoms with Crippen LogP contribution in [0.2, 0.25) is 0 Å². The van der Waals surface area contributed by atoms with E-state index in [0.717, 1.165) is 16.2 Å². The fraction of sp³-hybridized carbons (Fsp3) is 0.250. The predicted octanol–water partition coefficient (Wildman–Crippen LogP) is 1.86. The molecule has 0 aliphatic carbocycles. The third kappa shape index (κ3) is 2.59. The molecular formula is C8H12ClNOS. The molecule has 68 valence electrons. The molecule has 1 rings (SSSR count). The van der Waals surface area contributed by atoms with Crippen LogP contribution in [0.1, 0.15) is 5.56 Å². The third-order valence-electron chi connectivity index (χ3n) is 1.51. The summed E-state index contributed by atoms with van der Waals surface area (Å²) < 4.78 is 5.00. The minimum atomic E-state index is 0. The number of benzene rings is 1. The summed E-state index contributed by atoms with van der Waals surface area (Å²) in [7, 11) is 1.63. The number of rotatable bonds is 2. The van der Waals surface area contributed by atoms with Crippen molar-refractivity contribution in [3.05, 3.63) is 23.8 Å². The Morgan fingerprint density at radius 1 is 1.50 bits per heavy atom. The monoisotopic (exact) mass is 205 g/mol. The van der Waals surface area contributed by atoms with Crippen LogP contribution in [-0.4, -0.2) is 7.11 Å². The second kappa shape index (κ2) is 5.30. The standard InChI is InChI=1S/C8H11NOS.ClH/c1-10-7-3-2-6(5-9)8(11)4-7;/h2-4,11H,5,9H2,1H3;1H. The quantitative estimate of drug-likeness (QED) is 0.724. The summed E-state index contributed by atoms with van der Waals surface area (Å²) in [6.07, 6.45) is 0. The zero-order valence-corrected chi connectivity index (χ0v) is 8.49. The highest BCUT2D eigenvalue weighted by Crippen LogP contribution is 2.19. The van der Waals surface area contributed by atoms with Gasteiger partial charge in [-0.1, -0.05) is 6.07 Å². The van der Waals surface area contributed by atoms with Crippen molar-refractivity contribution in [1.29, 1.82) is 0 Å². The van der Waals surface area contributed by atoms with Gasteiger partial charge in [-0.25, -0.2) is 0 Å². The van der Waals surface area contributed by atoms with E-state index in [1.807, 2.05) is 18.2 Å². The summed E-state index contributed by atoms with van der Waals surface area (Å²) >= 11 is 4.24. The maximum atomic E-state index is 5.45. The Labute approximate surface area is 83.9 Å². The van der Waals surface area contributed by atoms with Crippen molar-refractivity contribution in [2.45, 2.75) is 11.4 Å². The van der Waals surface area contributed by atoms with Crippen molar-refractivity contribution in [2.24, 2.45) is 5.73 Å². The number of ether oxygens (including phenoxy) is 1. The normalized spacial score (nSPS) is 8.92. The molecule has 0 heterocycles. The van der Waals surface area contributed by atoms with Crippen LogP contribution in [0.15, 0.2) is 23.1 Å². The first-order valence-electron chi connectivity index (χ1n) is 3.34. The molecular weight excluding hydrogens is 194 g/mol. The Balaban J connectivity index is 0.00000121. The molecule has 0 amide bonds. The van der Waals surface area contributed by atoms with Crippen molar-refractivity contribution < 1.29 is 4.74 Å². The fourth-order valence-electron chi connectivity index (χ4n) is 0.843. The van der Waals surface area contributed by atoms with Gasteiger partial charge in [0.15, 0.2) is 0 Å². The Hall–Kier alpha value is -0.380. The Kier molecular flexibility index (Phi) is 5.13. The van der Waals surface area contributed by atoms with E-state index in [1.165, 1.54) is 0 Å². The first-order valence-corrected chi connectivity index (χ1v) is 3.78. The highest BCUT2D eigenvalue weighted by atomic mass is 35.5. The number of thiol groups is 1. The molecule has 0 atom stereocenters. The lowest BCUT2D eigenvalue weighted by molar-refractivity contribution is 0.413. The summed E-state index contributed by atoms with van der Waals surface area (Å²) in [6, 6.07) is 5.65. The van der Waals surface area contributed by atoms with Crippen molar-refractivity contribution in [2.75, 3.05) is 7.11 Å². The second-order valence-electron chi connectivity index (χ2n) is 2.20. The summed E-state index contributed by atoms with van der Waals surface area (Å²) in [6.45, 7) is 0.517. The Morgan fingerprint density at radius 2 is 2.17 bits per heavy atom. The molecule has 0 aromatic heterocycles. The average Bonchev–Trinajstić information content (AvgIpc) is 2.04. The molecule has 0 saturated heterocycles. The smallest absolute Gasteiger partial charge is 0.119 e. The van der Waals surface area contributed by atoms with Gasteiger partial charge in [-0.15, -0.1) is 25.0 Å². The Morgan fingerprint density at radius 3 is 2.58 bits per heavy atom. The Bertz CT molecular complexity index is 255. The number of hydrogen-bond donors (Lipinski definition) is 2. The molecule has 0 saturated carbocycles. The van der Waals surface area contributed by atoms with Crippen LogP contribution in [0.3, 0.4) is 0 Å². The van der Waals surface area contributed by atoms with E-state index in [4.69, 9.17) is 10.5 Å². The van der Waals surface area contributed by atoms with E-state index >= 15 is 0 Å². The van der Waals surface area contributed by atoms with Gasteiger partial charge in [-0.2, -0.15) is 0 Å². The van der Waals surface area contributed by atoms with Crippen LogP contribution in [0.4, 0.5) is 0 Å². The van der Waals surface area contributed by atoms with Gasteiger partial charge in [0.2, 0.25) is 0 Å². The summed E-state index contributed by atoms with van der Waals surface area (Å²) in [5, 5.41) is 0. The van der Waals surface area contributed by atoms with E-state index in [-0.39, 0.29) is 12.4 Å². The molecule has 12 heavy (non-hydrogen) atoms. The highest BCUT2D eigenvalue weighted by Gasteiger charge is 1.97.